The lowest BCUT2D eigenvalue weighted by atomic mass is 10.1. The average molecular weight is 346 g/mol. The summed E-state index contributed by atoms with van der Waals surface area (Å²) >= 11 is 5.95. The first-order valence-corrected chi connectivity index (χ1v) is 8.39. The molecule has 2 unspecified atom stereocenters. The van der Waals surface area contributed by atoms with Crippen LogP contribution >= 0.6 is 11.6 Å². The van der Waals surface area contributed by atoms with Gasteiger partial charge in [0, 0.05) is 11.6 Å². The quantitative estimate of drug-likeness (QED) is 0.848. The maximum absolute atomic E-state index is 12.7. The molecule has 1 aliphatic rings. The SMILES string of the molecule is CC(Oc1cccc(Cl)c1)C(=O)N1CCOC(c2ccccc2)C1. The van der Waals surface area contributed by atoms with Crippen molar-refractivity contribution in [2.75, 3.05) is 19.7 Å². The Morgan fingerprint density at radius 2 is 2.04 bits per heavy atom. The van der Waals surface area contributed by atoms with Crippen LogP contribution in [0.15, 0.2) is 54.6 Å². The molecule has 2 aromatic carbocycles. The number of nitrogens with zero attached hydrogens (tertiary/aromatic N) is 1. The summed E-state index contributed by atoms with van der Waals surface area (Å²) in [5.74, 6) is 0.551. The van der Waals surface area contributed by atoms with Gasteiger partial charge in [-0.1, -0.05) is 48.0 Å². The minimum Gasteiger partial charge on any atom is -0.481 e. The summed E-state index contributed by atoms with van der Waals surface area (Å²) in [6.07, 6.45) is -0.666. The summed E-state index contributed by atoms with van der Waals surface area (Å²) < 4.78 is 11.5. The predicted octanol–water partition coefficient (Wildman–Crippen LogP) is 3.71. The predicted molar refractivity (Wildman–Crippen MR) is 93.3 cm³/mol. The normalized spacial score (nSPS) is 18.9. The summed E-state index contributed by atoms with van der Waals surface area (Å²) in [6, 6.07) is 17.0. The summed E-state index contributed by atoms with van der Waals surface area (Å²) in [4.78, 5) is 14.5. The molecular formula is C19H20ClNO3. The van der Waals surface area contributed by atoms with E-state index in [-0.39, 0.29) is 12.0 Å². The van der Waals surface area contributed by atoms with Crippen molar-refractivity contribution in [3.63, 3.8) is 0 Å². The minimum atomic E-state index is -0.571. The van der Waals surface area contributed by atoms with Gasteiger partial charge >= 0.3 is 0 Å². The van der Waals surface area contributed by atoms with Crippen molar-refractivity contribution in [1.29, 1.82) is 0 Å². The minimum absolute atomic E-state index is 0.0424. The van der Waals surface area contributed by atoms with Gasteiger partial charge in [0.1, 0.15) is 11.9 Å². The van der Waals surface area contributed by atoms with Gasteiger partial charge in [-0.15, -0.1) is 0 Å². The molecule has 1 fully saturated rings. The van der Waals surface area contributed by atoms with Gasteiger partial charge in [-0.05, 0) is 30.7 Å². The number of rotatable bonds is 4. The highest BCUT2D eigenvalue weighted by molar-refractivity contribution is 6.30. The van der Waals surface area contributed by atoms with Gasteiger partial charge in [0.15, 0.2) is 6.10 Å². The monoisotopic (exact) mass is 345 g/mol. The molecule has 0 aromatic heterocycles. The zero-order chi connectivity index (χ0) is 16.9. The highest BCUT2D eigenvalue weighted by Crippen LogP contribution is 2.23. The first-order valence-electron chi connectivity index (χ1n) is 8.01. The van der Waals surface area contributed by atoms with E-state index in [0.29, 0.717) is 30.5 Å². The molecule has 0 N–H and O–H groups in total. The summed E-state index contributed by atoms with van der Waals surface area (Å²) in [5, 5.41) is 0.586. The first kappa shape index (κ1) is 16.8. The highest BCUT2D eigenvalue weighted by atomic mass is 35.5. The fraction of sp³-hybridized carbons (Fsp3) is 0.316. The van der Waals surface area contributed by atoms with Gasteiger partial charge in [0.05, 0.1) is 13.2 Å². The van der Waals surface area contributed by atoms with Gasteiger partial charge in [-0.25, -0.2) is 0 Å². The molecule has 0 bridgehead atoms. The number of hydrogen-bond donors (Lipinski definition) is 0. The number of hydrogen-bond acceptors (Lipinski definition) is 3. The Hall–Kier alpha value is -2.04. The Morgan fingerprint density at radius 3 is 2.79 bits per heavy atom. The van der Waals surface area contributed by atoms with E-state index in [2.05, 4.69) is 0 Å². The number of halogens is 1. The van der Waals surface area contributed by atoms with Crippen molar-refractivity contribution in [2.24, 2.45) is 0 Å². The van der Waals surface area contributed by atoms with Crippen LogP contribution in [0.3, 0.4) is 0 Å². The summed E-state index contributed by atoms with van der Waals surface area (Å²) in [5.41, 5.74) is 1.08. The Morgan fingerprint density at radius 1 is 1.25 bits per heavy atom. The van der Waals surface area contributed by atoms with Crippen LogP contribution in [0.4, 0.5) is 0 Å². The fourth-order valence-electron chi connectivity index (χ4n) is 2.77. The van der Waals surface area contributed by atoms with Crippen LogP contribution in [0.1, 0.15) is 18.6 Å². The third kappa shape index (κ3) is 4.08. The van der Waals surface area contributed by atoms with Crippen LogP contribution < -0.4 is 4.74 Å². The maximum atomic E-state index is 12.7. The number of carbonyl (C=O) groups is 1. The third-order valence-electron chi connectivity index (χ3n) is 4.01. The lowest BCUT2D eigenvalue weighted by Gasteiger charge is -2.34. The molecule has 0 spiro atoms. The van der Waals surface area contributed by atoms with Crippen molar-refractivity contribution >= 4 is 17.5 Å². The standard InChI is InChI=1S/C19H20ClNO3/c1-14(24-17-9-5-8-16(20)12-17)19(22)21-10-11-23-18(13-21)15-6-3-2-4-7-15/h2-9,12,14,18H,10-11,13H2,1H3. The Balaban J connectivity index is 1.63. The second kappa shape index (κ2) is 7.69. The smallest absolute Gasteiger partial charge is 0.263 e. The second-order valence-electron chi connectivity index (χ2n) is 5.77. The highest BCUT2D eigenvalue weighted by Gasteiger charge is 2.29. The molecule has 1 amide bonds. The Kier molecular flexibility index (Phi) is 5.38. The van der Waals surface area contributed by atoms with E-state index in [1.807, 2.05) is 30.3 Å². The molecule has 2 aromatic rings. The van der Waals surface area contributed by atoms with E-state index in [4.69, 9.17) is 21.1 Å². The topological polar surface area (TPSA) is 38.8 Å². The molecule has 1 saturated heterocycles. The molecule has 126 valence electrons. The number of morpholine rings is 1. The largest absolute Gasteiger partial charge is 0.481 e. The van der Waals surface area contributed by atoms with Gasteiger partial charge in [-0.3, -0.25) is 4.79 Å². The summed E-state index contributed by atoms with van der Waals surface area (Å²) in [7, 11) is 0. The first-order chi connectivity index (χ1) is 11.6. The van der Waals surface area contributed by atoms with E-state index in [1.54, 1.807) is 36.1 Å². The zero-order valence-corrected chi connectivity index (χ0v) is 14.3. The molecule has 0 saturated carbocycles. The molecule has 24 heavy (non-hydrogen) atoms. The Bertz CT molecular complexity index is 692. The van der Waals surface area contributed by atoms with E-state index < -0.39 is 6.10 Å². The van der Waals surface area contributed by atoms with Crippen molar-refractivity contribution in [2.45, 2.75) is 19.1 Å². The molecule has 0 aliphatic carbocycles. The molecule has 0 radical (unpaired) electrons. The molecule has 3 rings (SSSR count). The second-order valence-corrected chi connectivity index (χ2v) is 6.21. The van der Waals surface area contributed by atoms with E-state index >= 15 is 0 Å². The Labute approximate surface area is 146 Å². The van der Waals surface area contributed by atoms with Crippen LogP contribution in [0, 0.1) is 0 Å². The summed E-state index contributed by atoms with van der Waals surface area (Å²) in [6.45, 7) is 3.39. The number of amides is 1. The van der Waals surface area contributed by atoms with E-state index in [9.17, 15) is 4.79 Å². The third-order valence-corrected chi connectivity index (χ3v) is 4.24. The number of benzene rings is 2. The molecule has 2 atom stereocenters. The molecule has 1 heterocycles. The van der Waals surface area contributed by atoms with Gasteiger partial charge in [0.25, 0.3) is 5.91 Å². The fourth-order valence-corrected chi connectivity index (χ4v) is 2.95. The molecule has 4 nitrogen and oxygen atoms in total. The molecule has 1 aliphatic heterocycles. The number of carbonyl (C=O) groups excluding carboxylic acids is 1. The van der Waals surface area contributed by atoms with Crippen LogP contribution in [0.5, 0.6) is 5.75 Å². The van der Waals surface area contributed by atoms with Crippen LogP contribution in [-0.4, -0.2) is 36.6 Å². The average Bonchev–Trinajstić information content (AvgIpc) is 2.62. The lowest BCUT2D eigenvalue weighted by Crippen LogP contribution is -2.47. The molecule has 5 heteroatoms. The van der Waals surface area contributed by atoms with Crippen molar-refractivity contribution < 1.29 is 14.3 Å². The van der Waals surface area contributed by atoms with Gasteiger partial charge in [-0.2, -0.15) is 0 Å². The van der Waals surface area contributed by atoms with Gasteiger partial charge in [0.2, 0.25) is 0 Å². The molecular weight excluding hydrogens is 326 g/mol. The van der Waals surface area contributed by atoms with Gasteiger partial charge < -0.3 is 14.4 Å². The van der Waals surface area contributed by atoms with Crippen LogP contribution in [-0.2, 0) is 9.53 Å². The lowest BCUT2D eigenvalue weighted by molar-refractivity contribution is -0.145. The van der Waals surface area contributed by atoms with E-state index in [0.717, 1.165) is 5.56 Å². The van der Waals surface area contributed by atoms with Crippen LogP contribution in [0.25, 0.3) is 0 Å². The van der Waals surface area contributed by atoms with Crippen molar-refractivity contribution in [1.82, 2.24) is 4.90 Å². The maximum Gasteiger partial charge on any atom is 0.263 e. The van der Waals surface area contributed by atoms with Crippen LogP contribution in [0.2, 0.25) is 5.02 Å². The van der Waals surface area contributed by atoms with E-state index in [1.165, 1.54) is 0 Å². The number of ether oxygens (including phenoxy) is 2. The van der Waals surface area contributed by atoms with Crippen molar-refractivity contribution in [3.8, 4) is 5.75 Å². The zero-order valence-electron chi connectivity index (χ0n) is 13.5. The van der Waals surface area contributed by atoms with Crippen molar-refractivity contribution in [3.05, 3.63) is 65.2 Å².